The Morgan fingerprint density at radius 2 is 1.62 bits per heavy atom. The number of nitrogens with one attached hydrogen (secondary N) is 1. The van der Waals surface area contributed by atoms with E-state index in [9.17, 15) is 5.11 Å². The van der Waals surface area contributed by atoms with Crippen LogP contribution in [-0.2, 0) is 0 Å². The number of ether oxygens (including phenoxy) is 1. The molecule has 21 heavy (non-hydrogen) atoms. The molecule has 0 radical (unpaired) electrons. The summed E-state index contributed by atoms with van der Waals surface area (Å²) in [5, 5.41) is 15.7. The van der Waals surface area contributed by atoms with Crippen molar-refractivity contribution >= 4 is 28.1 Å². The third-order valence-corrected chi connectivity index (χ3v) is 3.52. The number of benzene rings is 3. The van der Waals surface area contributed by atoms with Gasteiger partial charge < -0.3 is 15.2 Å². The molecule has 0 unspecified atom stereocenters. The van der Waals surface area contributed by atoms with Crippen LogP contribution >= 0.6 is 11.6 Å². The van der Waals surface area contributed by atoms with E-state index >= 15 is 0 Å². The number of fused-ring (bicyclic) bond motifs is 1. The lowest BCUT2D eigenvalue weighted by Gasteiger charge is -2.12. The highest BCUT2D eigenvalue weighted by Crippen LogP contribution is 2.31. The third kappa shape index (κ3) is 3.03. The average Bonchev–Trinajstić information content (AvgIpc) is 2.49. The first kappa shape index (κ1) is 13.6. The second-order valence-electron chi connectivity index (χ2n) is 4.61. The Bertz CT molecular complexity index is 774. The van der Waals surface area contributed by atoms with E-state index < -0.39 is 0 Å². The normalized spacial score (nSPS) is 10.5. The Morgan fingerprint density at radius 3 is 2.38 bits per heavy atom. The SMILES string of the molecule is Oc1cc2ccccc2cc1OCNc1ccccc1Cl. The molecule has 4 heteroatoms. The molecule has 0 fully saturated rings. The molecule has 0 aliphatic heterocycles. The first-order chi connectivity index (χ1) is 10.2. The Labute approximate surface area is 127 Å². The number of para-hydroxylation sites is 1. The van der Waals surface area contributed by atoms with Crippen LogP contribution in [0.3, 0.4) is 0 Å². The van der Waals surface area contributed by atoms with Crippen molar-refractivity contribution in [2.45, 2.75) is 0 Å². The van der Waals surface area contributed by atoms with E-state index in [1.54, 1.807) is 12.1 Å². The number of anilines is 1. The van der Waals surface area contributed by atoms with E-state index in [0.29, 0.717) is 10.8 Å². The van der Waals surface area contributed by atoms with Crippen LogP contribution in [0.2, 0.25) is 5.02 Å². The average molecular weight is 300 g/mol. The van der Waals surface area contributed by atoms with Crippen LogP contribution in [0, 0.1) is 0 Å². The number of aromatic hydroxyl groups is 1. The van der Waals surface area contributed by atoms with Gasteiger partial charge in [0.1, 0.15) is 0 Å². The molecule has 3 aromatic carbocycles. The minimum Gasteiger partial charge on any atom is -0.504 e. The second-order valence-corrected chi connectivity index (χ2v) is 5.02. The number of hydrogen-bond acceptors (Lipinski definition) is 3. The summed E-state index contributed by atoms with van der Waals surface area (Å²) in [6, 6.07) is 18.7. The van der Waals surface area contributed by atoms with Crippen molar-refractivity contribution in [3.05, 3.63) is 65.7 Å². The molecular formula is C17H14ClNO2. The fourth-order valence-corrected chi connectivity index (χ4v) is 2.32. The smallest absolute Gasteiger partial charge is 0.164 e. The summed E-state index contributed by atoms with van der Waals surface area (Å²) in [5.41, 5.74) is 0.791. The Morgan fingerprint density at radius 1 is 0.952 bits per heavy atom. The first-order valence-electron chi connectivity index (χ1n) is 6.57. The number of rotatable bonds is 4. The van der Waals surface area contributed by atoms with Gasteiger partial charge in [0, 0.05) is 0 Å². The van der Waals surface area contributed by atoms with Gasteiger partial charge in [0.15, 0.2) is 18.2 Å². The highest BCUT2D eigenvalue weighted by Gasteiger charge is 2.05. The number of hydrogen-bond donors (Lipinski definition) is 2. The van der Waals surface area contributed by atoms with E-state index in [1.165, 1.54) is 0 Å². The minimum atomic E-state index is 0.120. The summed E-state index contributed by atoms with van der Waals surface area (Å²) in [5.74, 6) is 0.558. The van der Waals surface area contributed by atoms with Gasteiger partial charge in [-0.05, 0) is 35.0 Å². The van der Waals surface area contributed by atoms with Crippen molar-refractivity contribution in [1.29, 1.82) is 0 Å². The lowest BCUT2D eigenvalue weighted by atomic mass is 10.1. The van der Waals surface area contributed by atoms with Crippen molar-refractivity contribution in [3.63, 3.8) is 0 Å². The largest absolute Gasteiger partial charge is 0.504 e. The van der Waals surface area contributed by atoms with Crippen LogP contribution in [-0.4, -0.2) is 11.8 Å². The monoisotopic (exact) mass is 299 g/mol. The molecule has 0 heterocycles. The van der Waals surface area contributed by atoms with Crippen molar-refractivity contribution in [2.24, 2.45) is 0 Å². The van der Waals surface area contributed by atoms with Crippen molar-refractivity contribution in [2.75, 3.05) is 12.0 Å². The molecule has 0 bridgehead atoms. The lowest BCUT2D eigenvalue weighted by Crippen LogP contribution is -2.09. The van der Waals surface area contributed by atoms with Crippen molar-refractivity contribution < 1.29 is 9.84 Å². The summed E-state index contributed by atoms with van der Waals surface area (Å²) in [6.45, 7) is 0.218. The predicted octanol–water partition coefficient (Wildman–Crippen LogP) is 4.65. The number of phenols is 1. The van der Waals surface area contributed by atoms with Crippen molar-refractivity contribution in [3.8, 4) is 11.5 Å². The molecule has 0 aromatic heterocycles. The molecule has 3 nitrogen and oxygen atoms in total. The summed E-state index contributed by atoms with van der Waals surface area (Å²) >= 11 is 6.05. The second kappa shape index (κ2) is 5.94. The maximum Gasteiger partial charge on any atom is 0.164 e. The molecular weight excluding hydrogens is 286 g/mol. The molecule has 3 rings (SSSR count). The van der Waals surface area contributed by atoms with E-state index in [1.807, 2.05) is 48.5 Å². The molecule has 106 valence electrons. The van der Waals surface area contributed by atoms with Gasteiger partial charge in [-0.15, -0.1) is 0 Å². The van der Waals surface area contributed by atoms with E-state index in [-0.39, 0.29) is 12.5 Å². The fourth-order valence-electron chi connectivity index (χ4n) is 2.12. The van der Waals surface area contributed by atoms with Gasteiger partial charge in [-0.1, -0.05) is 48.0 Å². The highest BCUT2D eigenvalue weighted by molar-refractivity contribution is 6.33. The first-order valence-corrected chi connectivity index (χ1v) is 6.95. The number of halogens is 1. The molecule has 0 aliphatic rings. The highest BCUT2D eigenvalue weighted by atomic mass is 35.5. The van der Waals surface area contributed by atoms with Gasteiger partial charge in [0.05, 0.1) is 10.7 Å². The molecule has 0 amide bonds. The molecule has 0 aliphatic carbocycles. The zero-order valence-corrected chi connectivity index (χ0v) is 12.0. The molecule has 0 atom stereocenters. The van der Waals surface area contributed by atoms with Gasteiger partial charge in [0.25, 0.3) is 0 Å². The topological polar surface area (TPSA) is 41.5 Å². The van der Waals surface area contributed by atoms with E-state index in [2.05, 4.69) is 5.32 Å². The van der Waals surface area contributed by atoms with Crippen LogP contribution in [0.25, 0.3) is 10.8 Å². The molecule has 3 aromatic rings. The minimum absolute atomic E-state index is 0.120. The van der Waals surface area contributed by atoms with Crippen molar-refractivity contribution in [1.82, 2.24) is 0 Å². The van der Waals surface area contributed by atoms with Gasteiger partial charge in [-0.3, -0.25) is 0 Å². The van der Waals surface area contributed by atoms with Gasteiger partial charge in [-0.2, -0.15) is 0 Å². The zero-order chi connectivity index (χ0) is 14.7. The van der Waals surface area contributed by atoms with Crippen LogP contribution in [0.1, 0.15) is 0 Å². The lowest BCUT2D eigenvalue weighted by molar-refractivity contribution is 0.324. The zero-order valence-electron chi connectivity index (χ0n) is 11.2. The molecule has 0 saturated carbocycles. The summed E-state index contributed by atoms with van der Waals surface area (Å²) in [6.07, 6.45) is 0. The standard InChI is InChI=1S/C17H14ClNO2/c18-14-7-3-4-8-15(14)19-11-21-17-10-13-6-2-1-5-12(13)9-16(17)20/h1-10,19-20H,11H2. The Balaban J connectivity index is 1.73. The fraction of sp³-hybridized carbons (Fsp3) is 0.0588. The van der Waals surface area contributed by atoms with Crippen LogP contribution in [0.5, 0.6) is 11.5 Å². The van der Waals surface area contributed by atoms with E-state index in [4.69, 9.17) is 16.3 Å². The molecule has 0 spiro atoms. The van der Waals surface area contributed by atoms with Gasteiger partial charge >= 0.3 is 0 Å². The predicted molar refractivity (Wildman–Crippen MR) is 86.2 cm³/mol. The Hall–Kier alpha value is -2.39. The maximum atomic E-state index is 9.98. The number of phenolic OH excluding ortho intramolecular Hbond substituents is 1. The summed E-state index contributed by atoms with van der Waals surface area (Å²) in [4.78, 5) is 0. The third-order valence-electron chi connectivity index (χ3n) is 3.19. The van der Waals surface area contributed by atoms with Crippen LogP contribution < -0.4 is 10.1 Å². The maximum absolute atomic E-state index is 9.98. The van der Waals surface area contributed by atoms with E-state index in [0.717, 1.165) is 16.5 Å². The van der Waals surface area contributed by atoms with Crippen LogP contribution in [0.15, 0.2) is 60.7 Å². The quantitative estimate of drug-likeness (QED) is 0.689. The van der Waals surface area contributed by atoms with Gasteiger partial charge in [0.2, 0.25) is 0 Å². The summed E-state index contributed by atoms with van der Waals surface area (Å²) in [7, 11) is 0. The molecule has 2 N–H and O–H groups in total. The Kier molecular flexibility index (Phi) is 3.84. The summed E-state index contributed by atoms with van der Waals surface area (Å²) < 4.78 is 5.58. The molecule has 0 saturated heterocycles. The van der Waals surface area contributed by atoms with Crippen LogP contribution in [0.4, 0.5) is 5.69 Å². The van der Waals surface area contributed by atoms with Gasteiger partial charge in [-0.25, -0.2) is 0 Å².